The molecule has 1 fully saturated rings. The van der Waals surface area contributed by atoms with Crippen molar-refractivity contribution in [3.05, 3.63) is 34.9 Å². The Balaban J connectivity index is 1.99. The van der Waals surface area contributed by atoms with Crippen molar-refractivity contribution in [2.45, 2.75) is 33.0 Å². The number of aliphatic carboxylic acids is 1. The Morgan fingerprint density at radius 2 is 2.00 bits per heavy atom. The Morgan fingerprint density at radius 1 is 1.32 bits per heavy atom. The Kier molecular flexibility index (Phi) is 5.59. The van der Waals surface area contributed by atoms with E-state index in [1.54, 1.807) is 6.92 Å². The Hall–Kier alpha value is -2.25. The van der Waals surface area contributed by atoms with Crippen LogP contribution in [0.25, 0.3) is 0 Å². The molecule has 0 aromatic heterocycles. The Bertz CT molecular complexity index is 661. The van der Waals surface area contributed by atoms with E-state index < -0.39 is 29.7 Å². The molecule has 0 saturated carbocycles. The second-order valence-electron chi connectivity index (χ2n) is 6.58. The normalized spacial score (nSPS) is 21.1. The van der Waals surface area contributed by atoms with E-state index in [0.717, 1.165) is 12.1 Å². The minimum Gasteiger partial charge on any atom is -0.481 e. The van der Waals surface area contributed by atoms with Crippen LogP contribution in [0, 0.1) is 18.8 Å². The van der Waals surface area contributed by atoms with Crippen LogP contribution < -0.4 is 5.32 Å². The number of rotatable bonds is 3. The minimum atomic E-state index is -4.40. The van der Waals surface area contributed by atoms with Gasteiger partial charge < -0.3 is 15.3 Å². The van der Waals surface area contributed by atoms with E-state index in [0.29, 0.717) is 24.1 Å². The highest BCUT2D eigenvalue weighted by Crippen LogP contribution is 2.30. The third-order valence-corrected chi connectivity index (χ3v) is 4.40. The summed E-state index contributed by atoms with van der Waals surface area (Å²) in [5.41, 5.74) is 0.293. The number of nitrogens with one attached hydrogen (secondary N) is 1. The van der Waals surface area contributed by atoms with Crippen molar-refractivity contribution < 1.29 is 27.9 Å². The number of amides is 2. The van der Waals surface area contributed by atoms with Gasteiger partial charge in [0.1, 0.15) is 0 Å². The number of carbonyl (C=O) groups excluding carboxylic acids is 1. The number of carboxylic acids is 1. The molecule has 1 aromatic carbocycles. The van der Waals surface area contributed by atoms with E-state index >= 15 is 0 Å². The standard InChI is InChI=1S/C17H21F3N2O3/c1-10-5-13(15(23)24)9-22(8-10)16(25)21-7-12-3-4-14(6-11(12)2)17(18,19)20/h3-4,6,10,13H,5,7-9H2,1-2H3,(H,21,25)(H,23,24). The van der Waals surface area contributed by atoms with E-state index in [1.165, 1.54) is 11.0 Å². The van der Waals surface area contributed by atoms with Crippen LogP contribution in [0.2, 0.25) is 0 Å². The zero-order chi connectivity index (χ0) is 18.8. The lowest BCUT2D eigenvalue weighted by Crippen LogP contribution is -2.49. The first-order chi connectivity index (χ1) is 11.6. The Labute approximate surface area is 143 Å². The van der Waals surface area contributed by atoms with Gasteiger partial charge in [0, 0.05) is 19.6 Å². The van der Waals surface area contributed by atoms with Crippen LogP contribution in [0.15, 0.2) is 18.2 Å². The molecule has 25 heavy (non-hydrogen) atoms. The number of halogens is 3. The van der Waals surface area contributed by atoms with E-state index in [-0.39, 0.29) is 19.0 Å². The summed E-state index contributed by atoms with van der Waals surface area (Å²) in [6.07, 6.45) is -3.88. The molecule has 0 spiro atoms. The number of aryl methyl sites for hydroxylation is 1. The third kappa shape index (κ3) is 4.87. The zero-order valence-corrected chi connectivity index (χ0v) is 14.1. The fourth-order valence-electron chi connectivity index (χ4n) is 3.05. The van der Waals surface area contributed by atoms with Crippen molar-refractivity contribution in [2.24, 2.45) is 11.8 Å². The van der Waals surface area contributed by atoms with Crippen molar-refractivity contribution >= 4 is 12.0 Å². The van der Waals surface area contributed by atoms with Gasteiger partial charge in [-0.3, -0.25) is 4.79 Å². The van der Waals surface area contributed by atoms with Crippen LogP contribution in [0.1, 0.15) is 30.0 Å². The number of likely N-dealkylation sites (tertiary alicyclic amines) is 1. The first-order valence-electron chi connectivity index (χ1n) is 8.00. The third-order valence-electron chi connectivity index (χ3n) is 4.40. The van der Waals surface area contributed by atoms with Gasteiger partial charge in [-0.15, -0.1) is 0 Å². The van der Waals surface area contributed by atoms with Crippen LogP contribution in [0.5, 0.6) is 0 Å². The summed E-state index contributed by atoms with van der Waals surface area (Å²) >= 11 is 0. The monoisotopic (exact) mass is 358 g/mol. The lowest BCUT2D eigenvalue weighted by molar-refractivity contribution is -0.143. The van der Waals surface area contributed by atoms with Gasteiger partial charge >= 0.3 is 18.2 Å². The van der Waals surface area contributed by atoms with Crippen LogP contribution in [0.4, 0.5) is 18.0 Å². The van der Waals surface area contributed by atoms with E-state index in [4.69, 9.17) is 5.11 Å². The first-order valence-corrected chi connectivity index (χ1v) is 8.00. The van der Waals surface area contributed by atoms with E-state index in [2.05, 4.69) is 5.32 Å². The maximum absolute atomic E-state index is 12.7. The maximum Gasteiger partial charge on any atom is 0.416 e. The van der Waals surface area contributed by atoms with E-state index in [1.807, 2.05) is 6.92 Å². The van der Waals surface area contributed by atoms with Gasteiger partial charge in [-0.05, 0) is 42.5 Å². The smallest absolute Gasteiger partial charge is 0.416 e. The number of hydrogen-bond acceptors (Lipinski definition) is 2. The summed E-state index contributed by atoms with van der Waals surface area (Å²) in [7, 11) is 0. The van der Waals surface area contributed by atoms with Gasteiger partial charge in [-0.25, -0.2) is 4.79 Å². The number of hydrogen-bond donors (Lipinski definition) is 2. The molecule has 2 unspecified atom stereocenters. The number of benzene rings is 1. The lowest BCUT2D eigenvalue weighted by atomic mass is 9.91. The SMILES string of the molecule is Cc1cc(C(F)(F)F)ccc1CNC(=O)N1CC(C)CC(C(=O)O)C1. The quantitative estimate of drug-likeness (QED) is 0.871. The molecule has 2 atom stereocenters. The average molecular weight is 358 g/mol. The van der Waals surface area contributed by atoms with Crippen molar-refractivity contribution in [1.82, 2.24) is 10.2 Å². The number of urea groups is 1. The van der Waals surface area contributed by atoms with Gasteiger partial charge in [0.05, 0.1) is 11.5 Å². The molecule has 1 aliphatic rings. The predicted octanol–water partition coefficient (Wildman–Crippen LogP) is 3.27. The summed E-state index contributed by atoms with van der Waals surface area (Å²) < 4.78 is 38.0. The number of alkyl halides is 3. The number of carbonyl (C=O) groups is 2. The highest BCUT2D eigenvalue weighted by molar-refractivity contribution is 5.76. The van der Waals surface area contributed by atoms with Gasteiger partial charge in [0.2, 0.25) is 0 Å². The molecule has 1 saturated heterocycles. The molecule has 1 aliphatic heterocycles. The highest BCUT2D eigenvalue weighted by atomic mass is 19.4. The molecular formula is C17H21F3N2O3. The van der Waals surface area contributed by atoms with Crippen LogP contribution in [0.3, 0.4) is 0 Å². The van der Waals surface area contributed by atoms with Gasteiger partial charge in [0.15, 0.2) is 0 Å². The average Bonchev–Trinajstić information content (AvgIpc) is 2.51. The van der Waals surface area contributed by atoms with Gasteiger partial charge in [-0.2, -0.15) is 13.2 Å². The molecule has 5 nitrogen and oxygen atoms in total. The largest absolute Gasteiger partial charge is 0.481 e. The summed E-state index contributed by atoms with van der Waals surface area (Å²) in [6, 6.07) is 2.97. The predicted molar refractivity (Wildman–Crippen MR) is 84.9 cm³/mol. The molecule has 0 bridgehead atoms. The van der Waals surface area contributed by atoms with Gasteiger partial charge in [0.25, 0.3) is 0 Å². The summed E-state index contributed by atoms with van der Waals surface area (Å²) in [6.45, 7) is 4.13. The molecule has 1 heterocycles. The molecule has 0 radical (unpaired) electrons. The fraction of sp³-hybridized carbons (Fsp3) is 0.529. The van der Waals surface area contributed by atoms with Crippen molar-refractivity contribution in [3.8, 4) is 0 Å². The number of piperidine rings is 1. The minimum absolute atomic E-state index is 0.0772. The second-order valence-corrected chi connectivity index (χ2v) is 6.58. The second kappa shape index (κ2) is 7.33. The van der Waals surface area contributed by atoms with E-state index in [9.17, 15) is 22.8 Å². The van der Waals surface area contributed by atoms with Crippen molar-refractivity contribution in [1.29, 1.82) is 0 Å². The molecule has 138 valence electrons. The molecule has 2 amide bonds. The maximum atomic E-state index is 12.7. The van der Waals surface area contributed by atoms with Crippen LogP contribution >= 0.6 is 0 Å². The highest BCUT2D eigenvalue weighted by Gasteiger charge is 2.32. The molecule has 2 rings (SSSR count). The van der Waals surface area contributed by atoms with Crippen molar-refractivity contribution in [2.75, 3.05) is 13.1 Å². The van der Waals surface area contributed by atoms with Crippen LogP contribution in [-0.4, -0.2) is 35.1 Å². The van der Waals surface area contributed by atoms with Crippen molar-refractivity contribution in [3.63, 3.8) is 0 Å². The fourth-order valence-corrected chi connectivity index (χ4v) is 3.05. The summed E-state index contributed by atoms with van der Waals surface area (Å²) in [5.74, 6) is -1.45. The first kappa shape index (κ1) is 19.1. The summed E-state index contributed by atoms with van der Waals surface area (Å²) in [4.78, 5) is 24.9. The topological polar surface area (TPSA) is 69.6 Å². The zero-order valence-electron chi connectivity index (χ0n) is 14.1. The molecule has 0 aliphatic carbocycles. The summed E-state index contributed by atoms with van der Waals surface area (Å²) in [5, 5.41) is 11.8. The van der Waals surface area contributed by atoms with Gasteiger partial charge in [-0.1, -0.05) is 13.0 Å². The number of carboxylic acid groups (broad SMARTS) is 1. The molecule has 8 heteroatoms. The van der Waals surface area contributed by atoms with Crippen LogP contribution in [-0.2, 0) is 17.5 Å². The number of nitrogens with zero attached hydrogens (tertiary/aromatic N) is 1. The lowest BCUT2D eigenvalue weighted by Gasteiger charge is -2.34. The molecule has 2 N–H and O–H groups in total. The Morgan fingerprint density at radius 3 is 2.56 bits per heavy atom. The molecular weight excluding hydrogens is 337 g/mol. The molecule has 1 aromatic rings.